The van der Waals surface area contributed by atoms with E-state index < -0.39 is 17.5 Å². The van der Waals surface area contributed by atoms with Crippen molar-refractivity contribution >= 4 is 5.78 Å². The Labute approximate surface area is 115 Å². The molecule has 1 aromatic heterocycles. The molecular weight excluding hydrogens is 259 g/mol. The first-order chi connectivity index (χ1) is 9.67. The maximum atomic E-state index is 13.6. The third kappa shape index (κ3) is 2.64. The van der Waals surface area contributed by atoms with E-state index in [0.717, 1.165) is 6.07 Å². The van der Waals surface area contributed by atoms with Gasteiger partial charge in [0.05, 0.1) is 18.9 Å². The number of halogens is 1. The lowest BCUT2D eigenvalue weighted by Crippen LogP contribution is -2.13. The quantitative estimate of drug-likeness (QED) is 0.801. The average Bonchev–Trinajstić information content (AvgIpc) is 2.49. The van der Waals surface area contributed by atoms with E-state index in [1.807, 2.05) is 6.07 Å². The lowest BCUT2D eigenvalue weighted by atomic mass is 9.95. The standard InChI is InChI=1S/C15H11FN2O2/c1-20-14-6-5-10(8-12(14)16)15(19)11(9-17)13-4-2-3-7-18-13/h2-8,11H,1H3. The minimum absolute atomic E-state index is 0.0490. The number of pyridine rings is 1. The number of benzene rings is 1. The monoisotopic (exact) mass is 270 g/mol. The number of hydrogen-bond acceptors (Lipinski definition) is 4. The van der Waals surface area contributed by atoms with Gasteiger partial charge < -0.3 is 4.74 Å². The third-order valence-corrected chi connectivity index (χ3v) is 2.81. The van der Waals surface area contributed by atoms with E-state index >= 15 is 0 Å². The summed E-state index contributed by atoms with van der Waals surface area (Å²) >= 11 is 0. The van der Waals surface area contributed by atoms with Crippen molar-refractivity contribution in [3.63, 3.8) is 0 Å². The van der Waals surface area contributed by atoms with Crippen molar-refractivity contribution in [2.75, 3.05) is 7.11 Å². The first-order valence-electron chi connectivity index (χ1n) is 5.85. The summed E-state index contributed by atoms with van der Waals surface area (Å²) in [5, 5.41) is 9.15. The van der Waals surface area contributed by atoms with Gasteiger partial charge in [0.25, 0.3) is 0 Å². The molecule has 1 atom stereocenters. The molecule has 0 bridgehead atoms. The van der Waals surface area contributed by atoms with E-state index in [2.05, 4.69) is 4.98 Å². The van der Waals surface area contributed by atoms with Gasteiger partial charge in [-0.2, -0.15) is 5.26 Å². The number of Topliss-reactive ketones (excluding diaryl/α,β-unsaturated/α-hetero) is 1. The molecule has 0 fully saturated rings. The number of nitriles is 1. The van der Waals surface area contributed by atoms with Crippen LogP contribution in [0.4, 0.5) is 4.39 Å². The molecule has 1 aromatic carbocycles. The molecule has 0 N–H and O–H groups in total. The molecule has 0 aliphatic carbocycles. The van der Waals surface area contributed by atoms with Crippen molar-refractivity contribution in [2.24, 2.45) is 0 Å². The molecule has 0 saturated heterocycles. The van der Waals surface area contributed by atoms with E-state index in [9.17, 15) is 9.18 Å². The van der Waals surface area contributed by atoms with Gasteiger partial charge in [-0.1, -0.05) is 6.07 Å². The molecule has 2 aromatic rings. The minimum Gasteiger partial charge on any atom is -0.494 e. The summed E-state index contributed by atoms with van der Waals surface area (Å²) in [6.45, 7) is 0. The molecule has 0 radical (unpaired) electrons. The van der Waals surface area contributed by atoms with Crippen LogP contribution in [0.1, 0.15) is 22.0 Å². The molecule has 100 valence electrons. The van der Waals surface area contributed by atoms with Gasteiger partial charge in [0.2, 0.25) is 0 Å². The fraction of sp³-hybridized carbons (Fsp3) is 0.133. The average molecular weight is 270 g/mol. The number of rotatable bonds is 4. The van der Waals surface area contributed by atoms with E-state index in [1.165, 1.54) is 25.4 Å². The van der Waals surface area contributed by atoms with Gasteiger partial charge in [0.1, 0.15) is 0 Å². The molecule has 4 nitrogen and oxygen atoms in total. The van der Waals surface area contributed by atoms with Crippen LogP contribution in [0.5, 0.6) is 5.75 Å². The molecule has 2 rings (SSSR count). The van der Waals surface area contributed by atoms with Crippen LogP contribution >= 0.6 is 0 Å². The Bertz CT molecular complexity index is 665. The van der Waals surface area contributed by atoms with Crippen molar-refractivity contribution in [3.05, 3.63) is 59.7 Å². The predicted molar refractivity (Wildman–Crippen MR) is 69.9 cm³/mol. The molecule has 1 unspecified atom stereocenters. The fourth-order valence-corrected chi connectivity index (χ4v) is 1.79. The second kappa shape index (κ2) is 5.93. The highest BCUT2D eigenvalue weighted by molar-refractivity contribution is 6.02. The summed E-state index contributed by atoms with van der Waals surface area (Å²) < 4.78 is 18.4. The van der Waals surface area contributed by atoms with Crippen molar-refractivity contribution in [2.45, 2.75) is 5.92 Å². The Morgan fingerprint density at radius 2 is 2.20 bits per heavy atom. The highest BCUT2D eigenvalue weighted by Crippen LogP contribution is 2.23. The maximum absolute atomic E-state index is 13.6. The highest BCUT2D eigenvalue weighted by Gasteiger charge is 2.23. The SMILES string of the molecule is COc1ccc(C(=O)C(C#N)c2ccccn2)cc1F. The van der Waals surface area contributed by atoms with Gasteiger partial charge in [-0.15, -0.1) is 0 Å². The molecule has 0 aliphatic heterocycles. The van der Waals surface area contributed by atoms with Gasteiger partial charge in [-0.05, 0) is 30.3 Å². The lowest BCUT2D eigenvalue weighted by Gasteiger charge is -2.09. The normalized spacial score (nSPS) is 11.4. The number of carbonyl (C=O) groups is 1. The maximum Gasteiger partial charge on any atom is 0.186 e. The zero-order valence-corrected chi connectivity index (χ0v) is 10.7. The summed E-state index contributed by atoms with van der Waals surface area (Å²) in [6, 6.07) is 10.7. The molecule has 1 heterocycles. The number of nitrogens with zero attached hydrogens (tertiary/aromatic N) is 2. The number of carbonyl (C=O) groups excluding carboxylic acids is 1. The topological polar surface area (TPSA) is 63.0 Å². The van der Waals surface area contributed by atoms with E-state index in [0.29, 0.717) is 5.69 Å². The van der Waals surface area contributed by atoms with Crippen molar-refractivity contribution in [1.29, 1.82) is 5.26 Å². The first-order valence-corrected chi connectivity index (χ1v) is 5.85. The number of methoxy groups -OCH3 is 1. The predicted octanol–water partition coefficient (Wildman–Crippen LogP) is 2.72. The molecule has 0 aliphatic rings. The van der Waals surface area contributed by atoms with Gasteiger partial charge in [0.15, 0.2) is 23.3 Å². The fourth-order valence-electron chi connectivity index (χ4n) is 1.79. The van der Waals surface area contributed by atoms with Gasteiger partial charge >= 0.3 is 0 Å². The Morgan fingerprint density at radius 1 is 1.40 bits per heavy atom. The Balaban J connectivity index is 2.35. The van der Waals surface area contributed by atoms with Gasteiger partial charge in [0, 0.05) is 11.8 Å². The third-order valence-electron chi connectivity index (χ3n) is 2.81. The largest absolute Gasteiger partial charge is 0.494 e. The van der Waals surface area contributed by atoms with E-state index in [1.54, 1.807) is 18.2 Å². The van der Waals surface area contributed by atoms with Crippen LogP contribution in [-0.2, 0) is 0 Å². The second-order valence-electron chi connectivity index (χ2n) is 4.03. The van der Waals surface area contributed by atoms with Gasteiger partial charge in [-0.3, -0.25) is 9.78 Å². The summed E-state index contributed by atoms with van der Waals surface area (Å²) in [7, 11) is 1.34. The van der Waals surface area contributed by atoms with E-state index in [-0.39, 0.29) is 11.3 Å². The van der Waals surface area contributed by atoms with Crippen LogP contribution < -0.4 is 4.74 Å². The van der Waals surface area contributed by atoms with Crippen molar-refractivity contribution in [1.82, 2.24) is 4.98 Å². The minimum atomic E-state index is -1.05. The zero-order chi connectivity index (χ0) is 14.5. The number of aromatic nitrogens is 1. The molecule has 0 spiro atoms. The molecule has 0 amide bonds. The molecule has 20 heavy (non-hydrogen) atoms. The number of hydrogen-bond donors (Lipinski definition) is 0. The van der Waals surface area contributed by atoms with Crippen LogP contribution in [-0.4, -0.2) is 17.9 Å². The number of ketones is 1. The smallest absolute Gasteiger partial charge is 0.186 e. The molecular formula is C15H11FN2O2. The molecule has 5 heteroatoms. The summed E-state index contributed by atoms with van der Waals surface area (Å²) in [6.07, 6.45) is 1.50. The van der Waals surface area contributed by atoms with Crippen LogP contribution in [0, 0.1) is 17.1 Å². The Kier molecular flexibility index (Phi) is 4.06. The zero-order valence-electron chi connectivity index (χ0n) is 10.7. The van der Waals surface area contributed by atoms with Crippen LogP contribution in [0.25, 0.3) is 0 Å². The second-order valence-corrected chi connectivity index (χ2v) is 4.03. The van der Waals surface area contributed by atoms with Crippen molar-refractivity contribution < 1.29 is 13.9 Å². The first kappa shape index (κ1) is 13.7. The Morgan fingerprint density at radius 3 is 2.75 bits per heavy atom. The van der Waals surface area contributed by atoms with Crippen LogP contribution in [0.3, 0.4) is 0 Å². The van der Waals surface area contributed by atoms with Crippen LogP contribution in [0.15, 0.2) is 42.6 Å². The van der Waals surface area contributed by atoms with Crippen LogP contribution in [0.2, 0.25) is 0 Å². The van der Waals surface area contributed by atoms with Crippen molar-refractivity contribution in [3.8, 4) is 11.8 Å². The summed E-state index contributed by atoms with van der Waals surface area (Å²) in [4.78, 5) is 16.2. The lowest BCUT2D eigenvalue weighted by molar-refractivity contribution is 0.0977. The summed E-state index contributed by atoms with van der Waals surface area (Å²) in [5.74, 6) is -2.14. The Hall–Kier alpha value is -2.74. The van der Waals surface area contributed by atoms with Gasteiger partial charge in [-0.25, -0.2) is 4.39 Å². The highest BCUT2D eigenvalue weighted by atomic mass is 19.1. The summed E-state index contributed by atoms with van der Waals surface area (Å²) in [5.41, 5.74) is 0.455. The van der Waals surface area contributed by atoms with E-state index in [4.69, 9.17) is 10.00 Å². The number of ether oxygens (including phenoxy) is 1. The molecule has 0 saturated carbocycles.